The summed E-state index contributed by atoms with van der Waals surface area (Å²) >= 11 is 0. The fourth-order valence-electron chi connectivity index (χ4n) is 3.07. The predicted molar refractivity (Wildman–Crippen MR) is 87.6 cm³/mol. The van der Waals surface area contributed by atoms with Crippen LogP contribution in [0.1, 0.15) is 45.3 Å². The van der Waals surface area contributed by atoms with E-state index in [2.05, 4.69) is 15.0 Å². The Morgan fingerprint density at radius 2 is 1.87 bits per heavy atom. The first kappa shape index (κ1) is 17.9. The zero-order valence-corrected chi connectivity index (χ0v) is 14.5. The van der Waals surface area contributed by atoms with Crippen molar-refractivity contribution >= 4 is 5.91 Å². The molecule has 0 atom stereocenters. The van der Waals surface area contributed by atoms with Gasteiger partial charge in [-0.2, -0.15) is 4.98 Å². The number of piperazine rings is 1. The summed E-state index contributed by atoms with van der Waals surface area (Å²) in [6.45, 7) is 10.3. The summed E-state index contributed by atoms with van der Waals surface area (Å²) in [6.07, 6.45) is 2.34. The standard InChI is InChI=1S/C16H29N5O2/c1-4-14-18-13(19-23-14)11-20-7-9-21(10-8-20)15(22)16(5-2,6-3)12-17/h4-12,17H2,1-3H3. The first-order valence-corrected chi connectivity index (χ1v) is 8.61. The van der Waals surface area contributed by atoms with Crippen molar-refractivity contribution in [1.82, 2.24) is 19.9 Å². The lowest BCUT2D eigenvalue weighted by Crippen LogP contribution is -2.54. The molecule has 130 valence electrons. The lowest BCUT2D eigenvalue weighted by atomic mass is 9.81. The minimum atomic E-state index is -0.397. The Morgan fingerprint density at radius 1 is 1.22 bits per heavy atom. The van der Waals surface area contributed by atoms with Gasteiger partial charge in [0.15, 0.2) is 5.82 Å². The average molecular weight is 323 g/mol. The number of amides is 1. The molecule has 0 bridgehead atoms. The molecule has 0 aliphatic carbocycles. The van der Waals surface area contributed by atoms with Gasteiger partial charge in [0.25, 0.3) is 0 Å². The van der Waals surface area contributed by atoms with Crippen molar-refractivity contribution in [3.8, 4) is 0 Å². The second-order valence-electron chi connectivity index (χ2n) is 6.22. The van der Waals surface area contributed by atoms with Crippen molar-refractivity contribution in [1.29, 1.82) is 0 Å². The van der Waals surface area contributed by atoms with E-state index >= 15 is 0 Å². The van der Waals surface area contributed by atoms with Gasteiger partial charge in [-0.15, -0.1) is 0 Å². The van der Waals surface area contributed by atoms with Gasteiger partial charge >= 0.3 is 0 Å². The minimum absolute atomic E-state index is 0.206. The second-order valence-corrected chi connectivity index (χ2v) is 6.22. The Bertz CT molecular complexity index is 496. The third kappa shape index (κ3) is 3.90. The molecule has 0 unspecified atom stereocenters. The van der Waals surface area contributed by atoms with E-state index in [1.807, 2.05) is 25.7 Å². The number of nitrogens with zero attached hydrogens (tertiary/aromatic N) is 4. The summed E-state index contributed by atoms with van der Waals surface area (Å²) in [7, 11) is 0. The molecule has 1 aromatic heterocycles. The molecule has 2 rings (SSSR count). The molecule has 1 aliphatic rings. The van der Waals surface area contributed by atoms with Crippen LogP contribution in [0, 0.1) is 5.41 Å². The number of hydrogen-bond donors (Lipinski definition) is 1. The van der Waals surface area contributed by atoms with Gasteiger partial charge in [0.05, 0.1) is 12.0 Å². The maximum absolute atomic E-state index is 12.8. The molecule has 1 saturated heterocycles. The number of carbonyl (C=O) groups is 1. The van der Waals surface area contributed by atoms with Gasteiger partial charge in [0, 0.05) is 39.1 Å². The molecule has 1 aromatic rings. The summed E-state index contributed by atoms with van der Waals surface area (Å²) in [6, 6.07) is 0. The molecule has 1 fully saturated rings. The predicted octanol–water partition coefficient (Wildman–Crippen LogP) is 1.04. The first-order valence-electron chi connectivity index (χ1n) is 8.61. The summed E-state index contributed by atoms with van der Waals surface area (Å²) in [5.74, 6) is 1.60. The highest BCUT2D eigenvalue weighted by Crippen LogP contribution is 2.28. The largest absolute Gasteiger partial charge is 0.340 e. The highest BCUT2D eigenvalue weighted by atomic mass is 16.5. The lowest BCUT2D eigenvalue weighted by molar-refractivity contribution is -0.144. The monoisotopic (exact) mass is 323 g/mol. The second kappa shape index (κ2) is 7.88. The van der Waals surface area contributed by atoms with E-state index in [1.165, 1.54) is 0 Å². The summed E-state index contributed by atoms with van der Waals surface area (Å²) in [4.78, 5) is 21.4. The molecular formula is C16H29N5O2. The Hall–Kier alpha value is -1.47. The highest BCUT2D eigenvalue weighted by Gasteiger charge is 2.37. The van der Waals surface area contributed by atoms with E-state index in [1.54, 1.807) is 0 Å². The molecule has 7 heteroatoms. The van der Waals surface area contributed by atoms with Crippen LogP contribution < -0.4 is 5.73 Å². The van der Waals surface area contributed by atoms with Crippen LogP contribution in [-0.2, 0) is 17.8 Å². The van der Waals surface area contributed by atoms with Gasteiger partial charge in [0.1, 0.15) is 0 Å². The number of aromatic nitrogens is 2. The van der Waals surface area contributed by atoms with Crippen LogP contribution in [0.5, 0.6) is 0 Å². The molecule has 23 heavy (non-hydrogen) atoms. The van der Waals surface area contributed by atoms with Crippen molar-refractivity contribution in [3.63, 3.8) is 0 Å². The Morgan fingerprint density at radius 3 is 2.35 bits per heavy atom. The van der Waals surface area contributed by atoms with Gasteiger partial charge in [0.2, 0.25) is 11.8 Å². The van der Waals surface area contributed by atoms with Crippen LogP contribution in [0.25, 0.3) is 0 Å². The third-order valence-electron chi connectivity index (χ3n) is 5.04. The van der Waals surface area contributed by atoms with Crippen LogP contribution in [0.3, 0.4) is 0 Å². The summed E-state index contributed by atoms with van der Waals surface area (Å²) < 4.78 is 5.14. The molecule has 0 saturated carbocycles. The van der Waals surface area contributed by atoms with Gasteiger partial charge in [-0.05, 0) is 12.8 Å². The quantitative estimate of drug-likeness (QED) is 0.806. The number of aryl methyl sites for hydroxylation is 1. The molecule has 2 N–H and O–H groups in total. The number of rotatable bonds is 7. The van der Waals surface area contributed by atoms with Gasteiger partial charge in [-0.25, -0.2) is 0 Å². The number of hydrogen-bond acceptors (Lipinski definition) is 6. The first-order chi connectivity index (χ1) is 11.1. The van der Waals surface area contributed by atoms with Crippen LogP contribution in [0.2, 0.25) is 0 Å². The lowest BCUT2D eigenvalue weighted by Gasteiger charge is -2.40. The molecule has 1 aliphatic heterocycles. The van der Waals surface area contributed by atoms with E-state index < -0.39 is 5.41 Å². The number of nitrogens with two attached hydrogens (primary N) is 1. The van der Waals surface area contributed by atoms with Crippen molar-refractivity contribution < 1.29 is 9.32 Å². The molecule has 0 aromatic carbocycles. The Balaban J connectivity index is 1.89. The molecule has 7 nitrogen and oxygen atoms in total. The smallest absolute Gasteiger partial charge is 0.230 e. The fourth-order valence-corrected chi connectivity index (χ4v) is 3.07. The van der Waals surface area contributed by atoms with Crippen molar-refractivity contribution in [3.05, 3.63) is 11.7 Å². The topological polar surface area (TPSA) is 88.5 Å². The summed E-state index contributed by atoms with van der Waals surface area (Å²) in [5, 5.41) is 3.99. The van der Waals surface area contributed by atoms with E-state index in [9.17, 15) is 4.79 Å². The Labute approximate surface area is 138 Å². The van der Waals surface area contributed by atoms with Crippen LogP contribution in [0.4, 0.5) is 0 Å². The summed E-state index contributed by atoms with van der Waals surface area (Å²) in [5.41, 5.74) is 5.50. The SMILES string of the molecule is CCc1nc(CN2CCN(C(=O)C(CC)(CC)CN)CC2)no1. The number of carbonyl (C=O) groups excluding carboxylic acids is 1. The van der Waals surface area contributed by atoms with E-state index in [0.717, 1.165) is 51.3 Å². The van der Waals surface area contributed by atoms with Crippen molar-refractivity contribution in [2.45, 2.75) is 46.6 Å². The minimum Gasteiger partial charge on any atom is -0.340 e. The van der Waals surface area contributed by atoms with Gasteiger partial charge in [-0.3, -0.25) is 9.69 Å². The molecule has 1 amide bonds. The Kier molecular flexibility index (Phi) is 6.12. The van der Waals surface area contributed by atoms with Gasteiger partial charge in [-0.1, -0.05) is 25.9 Å². The molecule has 0 radical (unpaired) electrons. The van der Waals surface area contributed by atoms with Crippen molar-refractivity contribution in [2.24, 2.45) is 11.1 Å². The van der Waals surface area contributed by atoms with Gasteiger partial charge < -0.3 is 15.2 Å². The fraction of sp³-hybridized carbons (Fsp3) is 0.812. The zero-order chi connectivity index (χ0) is 16.9. The molecular weight excluding hydrogens is 294 g/mol. The third-order valence-corrected chi connectivity index (χ3v) is 5.04. The van der Waals surface area contributed by atoms with Crippen LogP contribution >= 0.6 is 0 Å². The average Bonchev–Trinajstić information content (AvgIpc) is 3.05. The van der Waals surface area contributed by atoms with Crippen LogP contribution in [-0.4, -0.2) is 58.6 Å². The maximum Gasteiger partial charge on any atom is 0.230 e. The molecule has 2 heterocycles. The normalized spacial score (nSPS) is 16.8. The van der Waals surface area contributed by atoms with Crippen LogP contribution in [0.15, 0.2) is 4.52 Å². The van der Waals surface area contributed by atoms with E-state index in [4.69, 9.17) is 10.3 Å². The van der Waals surface area contributed by atoms with E-state index in [0.29, 0.717) is 19.0 Å². The zero-order valence-electron chi connectivity index (χ0n) is 14.5. The molecule has 0 spiro atoms. The van der Waals surface area contributed by atoms with Crippen molar-refractivity contribution in [2.75, 3.05) is 32.7 Å². The van der Waals surface area contributed by atoms with E-state index in [-0.39, 0.29) is 5.91 Å². The highest BCUT2D eigenvalue weighted by molar-refractivity contribution is 5.83. The maximum atomic E-state index is 12.8.